The second-order valence-electron chi connectivity index (χ2n) is 3.85. The van der Waals surface area contributed by atoms with E-state index in [0.29, 0.717) is 24.5 Å². The fourth-order valence-electron chi connectivity index (χ4n) is 1.31. The maximum atomic E-state index is 11.7. The molecular formula is C11H18N4O2. The van der Waals surface area contributed by atoms with E-state index in [1.165, 1.54) is 6.20 Å². The van der Waals surface area contributed by atoms with Gasteiger partial charge in [-0.1, -0.05) is 6.92 Å². The van der Waals surface area contributed by atoms with Gasteiger partial charge in [-0.25, -0.2) is 4.98 Å². The number of ether oxygens (including phenoxy) is 1. The lowest BCUT2D eigenvalue weighted by molar-refractivity contribution is 0.0929. The van der Waals surface area contributed by atoms with Crippen LogP contribution in [0.1, 0.15) is 17.4 Å². The van der Waals surface area contributed by atoms with Crippen molar-refractivity contribution in [2.24, 2.45) is 11.8 Å². The number of carbonyl (C=O) groups is 1. The Kier molecular flexibility index (Phi) is 5.38. The van der Waals surface area contributed by atoms with Gasteiger partial charge in [0.25, 0.3) is 5.91 Å². The molecule has 0 spiro atoms. The number of nitrogens with zero attached hydrogens (tertiary/aromatic N) is 1. The number of amides is 1. The van der Waals surface area contributed by atoms with Crippen LogP contribution in [0.25, 0.3) is 0 Å². The van der Waals surface area contributed by atoms with Crippen molar-refractivity contribution in [1.29, 1.82) is 0 Å². The largest absolute Gasteiger partial charge is 0.384 e. The summed E-state index contributed by atoms with van der Waals surface area (Å²) in [5, 5.41) is 2.79. The summed E-state index contributed by atoms with van der Waals surface area (Å²) in [6.45, 7) is 3.17. The zero-order valence-corrected chi connectivity index (χ0v) is 10.1. The number of nitrogens with one attached hydrogen (secondary N) is 2. The molecule has 0 aromatic carbocycles. The third kappa shape index (κ3) is 4.38. The van der Waals surface area contributed by atoms with Crippen LogP contribution in [0.15, 0.2) is 18.3 Å². The van der Waals surface area contributed by atoms with Gasteiger partial charge in [-0.2, -0.15) is 0 Å². The quantitative estimate of drug-likeness (QED) is 0.492. The zero-order chi connectivity index (χ0) is 12.7. The van der Waals surface area contributed by atoms with Crippen LogP contribution in [0.3, 0.4) is 0 Å². The van der Waals surface area contributed by atoms with Gasteiger partial charge in [0.05, 0.1) is 18.5 Å². The summed E-state index contributed by atoms with van der Waals surface area (Å²) in [7, 11) is 1.64. The molecule has 4 N–H and O–H groups in total. The highest BCUT2D eigenvalue weighted by Crippen LogP contribution is 2.04. The molecule has 0 aliphatic carbocycles. The fourth-order valence-corrected chi connectivity index (χ4v) is 1.31. The van der Waals surface area contributed by atoms with E-state index in [2.05, 4.69) is 15.7 Å². The van der Waals surface area contributed by atoms with Crippen LogP contribution in [0.4, 0.5) is 5.69 Å². The Balaban J connectivity index is 2.46. The summed E-state index contributed by atoms with van der Waals surface area (Å²) in [5.41, 5.74) is 3.48. The molecule has 6 nitrogen and oxygen atoms in total. The van der Waals surface area contributed by atoms with Crippen LogP contribution in [0.5, 0.6) is 0 Å². The summed E-state index contributed by atoms with van der Waals surface area (Å²) in [6.07, 6.45) is 1.51. The van der Waals surface area contributed by atoms with Crippen molar-refractivity contribution >= 4 is 11.6 Å². The molecule has 1 rings (SSSR count). The van der Waals surface area contributed by atoms with Crippen LogP contribution < -0.4 is 16.6 Å². The lowest BCUT2D eigenvalue weighted by atomic mass is 10.2. The number of hydrogen-bond acceptors (Lipinski definition) is 5. The van der Waals surface area contributed by atoms with E-state index >= 15 is 0 Å². The first-order valence-corrected chi connectivity index (χ1v) is 5.37. The number of aromatic nitrogens is 1. The van der Waals surface area contributed by atoms with Crippen molar-refractivity contribution in [3.63, 3.8) is 0 Å². The number of methoxy groups -OCH3 is 1. The van der Waals surface area contributed by atoms with Crippen molar-refractivity contribution < 1.29 is 9.53 Å². The van der Waals surface area contributed by atoms with Crippen LogP contribution in [0.2, 0.25) is 0 Å². The maximum absolute atomic E-state index is 11.7. The molecule has 0 fully saturated rings. The van der Waals surface area contributed by atoms with Gasteiger partial charge >= 0.3 is 0 Å². The predicted molar refractivity (Wildman–Crippen MR) is 65.4 cm³/mol. The number of hydrogen-bond donors (Lipinski definition) is 3. The average molecular weight is 238 g/mol. The summed E-state index contributed by atoms with van der Waals surface area (Å²) in [4.78, 5) is 15.7. The van der Waals surface area contributed by atoms with E-state index in [4.69, 9.17) is 10.6 Å². The number of nitrogen functional groups attached to an aromatic ring is 1. The van der Waals surface area contributed by atoms with E-state index in [0.717, 1.165) is 0 Å². The Morgan fingerprint density at radius 1 is 1.59 bits per heavy atom. The number of nitrogens with two attached hydrogens (primary N) is 1. The Morgan fingerprint density at radius 2 is 2.35 bits per heavy atom. The molecule has 6 heteroatoms. The molecule has 0 bridgehead atoms. The highest BCUT2D eigenvalue weighted by atomic mass is 16.5. The number of rotatable bonds is 6. The lowest BCUT2D eigenvalue weighted by Gasteiger charge is -2.11. The highest BCUT2D eigenvalue weighted by molar-refractivity contribution is 5.92. The summed E-state index contributed by atoms with van der Waals surface area (Å²) >= 11 is 0. The van der Waals surface area contributed by atoms with Crippen LogP contribution in [0, 0.1) is 5.92 Å². The molecule has 1 amide bonds. The average Bonchev–Trinajstić information content (AvgIpc) is 2.36. The number of pyridine rings is 1. The molecule has 1 aromatic rings. The molecule has 1 aromatic heterocycles. The normalized spacial score (nSPS) is 11.9. The summed E-state index contributed by atoms with van der Waals surface area (Å²) in [6, 6.07) is 3.31. The van der Waals surface area contributed by atoms with Crippen molar-refractivity contribution in [3.05, 3.63) is 24.0 Å². The Labute approximate surface area is 101 Å². The van der Waals surface area contributed by atoms with Gasteiger partial charge in [-0.05, 0) is 18.1 Å². The van der Waals surface area contributed by atoms with Crippen molar-refractivity contribution in [1.82, 2.24) is 10.3 Å². The highest BCUT2D eigenvalue weighted by Gasteiger charge is 2.08. The third-order valence-electron chi connectivity index (χ3n) is 2.23. The van der Waals surface area contributed by atoms with Crippen LogP contribution in [-0.4, -0.2) is 31.2 Å². The standard InChI is InChI=1S/C11H18N4O2/c1-8(7-17-2)5-14-11(16)10-4-3-9(15-12)6-13-10/h3-4,6,8,15H,5,7,12H2,1-2H3,(H,14,16). The van der Waals surface area contributed by atoms with Gasteiger partial charge in [0.1, 0.15) is 5.69 Å². The zero-order valence-electron chi connectivity index (χ0n) is 10.1. The van der Waals surface area contributed by atoms with Gasteiger partial charge in [0, 0.05) is 13.7 Å². The topological polar surface area (TPSA) is 89.3 Å². The Bertz CT molecular complexity index is 353. The summed E-state index contributed by atoms with van der Waals surface area (Å²) in [5.74, 6) is 5.28. The van der Waals surface area contributed by atoms with E-state index in [9.17, 15) is 4.79 Å². The van der Waals surface area contributed by atoms with Crippen LogP contribution >= 0.6 is 0 Å². The minimum atomic E-state index is -0.198. The van der Waals surface area contributed by atoms with Gasteiger partial charge in [0.2, 0.25) is 0 Å². The van der Waals surface area contributed by atoms with Gasteiger partial charge in [-0.3, -0.25) is 10.6 Å². The molecule has 0 radical (unpaired) electrons. The van der Waals surface area contributed by atoms with E-state index in [1.54, 1.807) is 19.2 Å². The van der Waals surface area contributed by atoms with Crippen molar-refractivity contribution in [2.45, 2.75) is 6.92 Å². The molecule has 94 valence electrons. The third-order valence-corrected chi connectivity index (χ3v) is 2.23. The second-order valence-corrected chi connectivity index (χ2v) is 3.85. The minimum absolute atomic E-state index is 0.198. The fraction of sp³-hybridized carbons (Fsp3) is 0.455. The van der Waals surface area contributed by atoms with Crippen molar-refractivity contribution in [3.8, 4) is 0 Å². The van der Waals surface area contributed by atoms with Gasteiger partial charge in [-0.15, -0.1) is 0 Å². The molecule has 17 heavy (non-hydrogen) atoms. The Hall–Kier alpha value is -1.66. The molecule has 0 saturated carbocycles. The van der Waals surface area contributed by atoms with Crippen LogP contribution in [-0.2, 0) is 4.74 Å². The molecule has 0 saturated heterocycles. The first kappa shape index (κ1) is 13.4. The lowest BCUT2D eigenvalue weighted by Crippen LogP contribution is -2.30. The first-order valence-electron chi connectivity index (χ1n) is 5.37. The number of anilines is 1. The Morgan fingerprint density at radius 3 is 2.88 bits per heavy atom. The molecule has 0 aliphatic heterocycles. The number of carbonyl (C=O) groups excluding carboxylic acids is 1. The van der Waals surface area contributed by atoms with Gasteiger partial charge < -0.3 is 15.5 Å². The number of hydrazine groups is 1. The monoisotopic (exact) mass is 238 g/mol. The smallest absolute Gasteiger partial charge is 0.269 e. The van der Waals surface area contributed by atoms with E-state index in [-0.39, 0.29) is 11.8 Å². The van der Waals surface area contributed by atoms with Gasteiger partial charge in [0.15, 0.2) is 0 Å². The SMILES string of the molecule is COCC(C)CNC(=O)c1ccc(NN)cn1. The van der Waals surface area contributed by atoms with E-state index < -0.39 is 0 Å². The minimum Gasteiger partial charge on any atom is -0.384 e. The predicted octanol–water partition coefficient (Wildman–Crippen LogP) is 0.380. The molecule has 0 aliphatic rings. The van der Waals surface area contributed by atoms with E-state index in [1.807, 2.05) is 6.92 Å². The first-order chi connectivity index (χ1) is 8.17. The van der Waals surface area contributed by atoms with Crippen molar-refractivity contribution in [2.75, 3.05) is 25.7 Å². The maximum Gasteiger partial charge on any atom is 0.269 e. The molecule has 1 atom stereocenters. The molecule has 1 unspecified atom stereocenters. The summed E-state index contributed by atoms with van der Waals surface area (Å²) < 4.78 is 4.98. The molecule has 1 heterocycles. The molecular weight excluding hydrogens is 220 g/mol. The second kappa shape index (κ2) is 6.82.